The standard InChI is InChI=1S/C12H12N2/c1-2-9-4-5-13-8-12(9)11(3-1)10-6-14-7-10/h1-5,8,10,14H,6-7H2. The number of aromatic nitrogens is 1. The molecular formula is C12H12N2. The molecule has 70 valence electrons. The second-order valence-corrected chi connectivity index (χ2v) is 3.80. The maximum absolute atomic E-state index is 4.19. The molecule has 1 N–H and O–H groups in total. The van der Waals surface area contributed by atoms with Crippen LogP contribution in [-0.4, -0.2) is 18.1 Å². The van der Waals surface area contributed by atoms with E-state index in [1.165, 1.54) is 16.3 Å². The summed E-state index contributed by atoms with van der Waals surface area (Å²) in [6, 6.07) is 8.57. The Morgan fingerprint density at radius 1 is 1.21 bits per heavy atom. The van der Waals surface area contributed by atoms with Gasteiger partial charge in [-0.2, -0.15) is 0 Å². The van der Waals surface area contributed by atoms with Crippen LogP contribution in [0.2, 0.25) is 0 Å². The summed E-state index contributed by atoms with van der Waals surface area (Å²) < 4.78 is 0. The van der Waals surface area contributed by atoms with E-state index in [1.54, 1.807) is 0 Å². The molecule has 0 saturated carbocycles. The first-order valence-electron chi connectivity index (χ1n) is 4.98. The van der Waals surface area contributed by atoms with Gasteiger partial charge in [0.05, 0.1) is 0 Å². The summed E-state index contributed by atoms with van der Waals surface area (Å²) in [6.45, 7) is 2.21. The topological polar surface area (TPSA) is 24.9 Å². The number of fused-ring (bicyclic) bond motifs is 1. The summed E-state index contributed by atoms with van der Waals surface area (Å²) in [5, 5.41) is 5.91. The number of pyridine rings is 1. The average molecular weight is 184 g/mol. The lowest BCUT2D eigenvalue weighted by atomic mass is 9.90. The minimum atomic E-state index is 0.683. The first kappa shape index (κ1) is 7.94. The second kappa shape index (κ2) is 3.07. The van der Waals surface area contributed by atoms with E-state index in [9.17, 15) is 0 Å². The highest BCUT2D eigenvalue weighted by Gasteiger charge is 2.20. The molecule has 0 atom stereocenters. The quantitative estimate of drug-likeness (QED) is 0.732. The summed E-state index contributed by atoms with van der Waals surface area (Å²) in [4.78, 5) is 4.19. The van der Waals surface area contributed by atoms with Crippen LogP contribution in [0.4, 0.5) is 0 Å². The molecule has 3 rings (SSSR count). The maximum atomic E-state index is 4.19. The van der Waals surface area contributed by atoms with Gasteiger partial charge in [0.2, 0.25) is 0 Å². The molecule has 0 bridgehead atoms. The minimum absolute atomic E-state index is 0.683. The molecule has 0 radical (unpaired) electrons. The van der Waals surface area contributed by atoms with Gasteiger partial charge >= 0.3 is 0 Å². The third kappa shape index (κ3) is 1.11. The lowest BCUT2D eigenvalue weighted by molar-refractivity contribution is 0.451. The van der Waals surface area contributed by atoms with Crippen LogP contribution < -0.4 is 5.32 Å². The van der Waals surface area contributed by atoms with Crippen LogP contribution in [0.5, 0.6) is 0 Å². The molecule has 2 heterocycles. The molecule has 0 amide bonds. The number of hydrogen-bond acceptors (Lipinski definition) is 2. The molecule has 1 aliphatic rings. The lowest BCUT2D eigenvalue weighted by Gasteiger charge is -2.28. The Morgan fingerprint density at radius 2 is 2.14 bits per heavy atom. The average Bonchev–Trinajstić information content (AvgIpc) is 2.16. The normalized spacial score (nSPS) is 16.9. The van der Waals surface area contributed by atoms with Crippen molar-refractivity contribution >= 4 is 10.8 Å². The van der Waals surface area contributed by atoms with Crippen LogP contribution in [0.15, 0.2) is 36.7 Å². The van der Waals surface area contributed by atoms with E-state index in [0.29, 0.717) is 5.92 Å². The Labute approximate surface area is 83.0 Å². The molecular weight excluding hydrogens is 172 g/mol. The summed E-state index contributed by atoms with van der Waals surface area (Å²) in [7, 11) is 0. The first-order chi connectivity index (χ1) is 6.95. The van der Waals surface area contributed by atoms with Gasteiger partial charge in [0.1, 0.15) is 0 Å². The Kier molecular flexibility index (Phi) is 1.74. The molecule has 0 aliphatic carbocycles. The van der Waals surface area contributed by atoms with Crippen LogP contribution >= 0.6 is 0 Å². The molecule has 0 unspecified atom stereocenters. The van der Waals surface area contributed by atoms with Crippen molar-refractivity contribution < 1.29 is 0 Å². The van der Waals surface area contributed by atoms with Crippen molar-refractivity contribution in [2.75, 3.05) is 13.1 Å². The van der Waals surface area contributed by atoms with Crippen molar-refractivity contribution in [1.82, 2.24) is 10.3 Å². The van der Waals surface area contributed by atoms with Crippen LogP contribution in [-0.2, 0) is 0 Å². The van der Waals surface area contributed by atoms with E-state index in [-0.39, 0.29) is 0 Å². The Hall–Kier alpha value is -1.41. The molecule has 1 aromatic heterocycles. The minimum Gasteiger partial charge on any atom is -0.315 e. The van der Waals surface area contributed by atoms with Crippen molar-refractivity contribution in [2.24, 2.45) is 0 Å². The maximum Gasteiger partial charge on any atom is 0.0349 e. The zero-order valence-electron chi connectivity index (χ0n) is 7.90. The smallest absolute Gasteiger partial charge is 0.0349 e. The van der Waals surface area contributed by atoms with Gasteiger partial charge in [-0.05, 0) is 17.0 Å². The van der Waals surface area contributed by atoms with Gasteiger partial charge in [0.15, 0.2) is 0 Å². The highest BCUT2D eigenvalue weighted by atomic mass is 14.9. The van der Waals surface area contributed by atoms with Crippen LogP contribution in [0.3, 0.4) is 0 Å². The summed E-state index contributed by atoms with van der Waals surface area (Å²) in [5.74, 6) is 0.683. The largest absolute Gasteiger partial charge is 0.315 e. The number of nitrogens with one attached hydrogen (secondary N) is 1. The molecule has 14 heavy (non-hydrogen) atoms. The fraction of sp³-hybridized carbons (Fsp3) is 0.250. The van der Waals surface area contributed by atoms with Crippen LogP contribution in [0.25, 0.3) is 10.8 Å². The molecule has 2 heteroatoms. The molecule has 0 spiro atoms. The fourth-order valence-electron chi connectivity index (χ4n) is 2.00. The summed E-state index contributed by atoms with van der Waals surface area (Å²) in [6.07, 6.45) is 3.83. The van der Waals surface area contributed by atoms with Gasteiger partial charge in [0.25, 0.3) is 0 Å². The Bertz CT molecular complexity index is 455. The zero-order valence-corrected chi connectivity index (χ0v) is 7.90. The predicted octanol–water partition coefficient (Wildman–Crippen LogP) is 1.92. The predicted molar refractivity (Wildman–Crippen MR) is 57.4 cm³/mol. The number of rotatable bonds is 1. The Balaban J connectivity index is 2.22. The summed E-state index contributed by atoms with van der Waals surface area (Å²) in [5.41, 5.74) is 1.44. The van der Waals surface area contributed by atoms with Gasteiger partial charge in [0, 0.05) is 36.8 Å². The van der Waals surface area contributed by atoms with Gasteiger partial charge in [-0.25, -0.2) is 0 Å². The molecule has 1 aromatic carbocycles. The highest BCUT2D eigenvalue weighted by Crippen LogP contribution is 2.27. The fourth-order valence-corrected chi connectivity index (χ4v) is 2.00. The number of benzene rings is 1. The van der Waals surface area contributed by atoms with Crippen molar-refractivity contribution in [3.8, 4) is 0 Å². The monoisotopic (exact) mass is 184 g/mol. The van der Waals surface area contributed by atoms with Crippen LogP contribution in [0, 0.1) is 0 Å². The summed E-state index contributed by atoms with van der Waals surface area (Å²) >= 11 is 0. The van der Waals surface area contributed by atoms with Crippen molar-refractivity contribution in [3.05, 3.63) is 42.2 Å². The molecule has 1 fully saturated rings. The van der Waals surface area contributed by atoms with Gasteiger partial charge in [-0.1, -0.05) is 18.2 Å². The zero-order chi connectivity index (χ0) is 9.38. The Morgan fingerprint density at radius 3 is 2.93 bits per heavy atom. The van der Waals surface area contributed by atoms with E-state index in [0.717, 1.165) is 13.1 Å². The van der Waals surface area contributed by atoms with E-state index in [2.05, 4.69) is 34.6 Å². The van der Waals surface area contributed by atoms with Gasteiger partial charge in [-0.15, -0.1) is 0 Å². The SMILES string of the molecule is c1cc(C2CNC2)c2cnccc2c1. The van der Waals surface area contributed by atoms with Crippen molar-refractivity contribution in [1.29, 1.82) is 0 Å². The highest BCUT2D eigenvalue weighted by molar-refractivity contribution is 5.85. The second-order valence-electron chi connectivity index (χ2n) is 3.80. The molecule has 1 saturated heterocycles. The number of nitrogens with zero attached hydrogens (tertiary/aromatic N) is 1. The first-order valence-corrected chi connectivity index (χ1v) is 4.98. The van der Waals surface area contributed by atoms with Crippen LogP contribution in [0.1, 0.15) is 11.5 Å². The van der Waals surface area contributed by atoms with E-state index >= 15 is 0 Å². The third-order valence-corrected chi connectivity index (χ3v) is 2.94. The van der Waals surface area contributed by atoms with Crippen molar-refractivity contribution in [2.45, 2.75) is 5.92 Å². The molecule has 2 nitrogen and oxygen atoms in total. The van der Waals surface area contributed by atoms with Crippen molar-refractivity contribution in [3.63, 3.8) is 0 Å². The van der Waals surface area contributed by atoms with E-state index in [4.69, 9.17) is 0 Å². The van der Waals surface area contributed by atoms with E-state index in [1.807, 2.05) is 12.4 Å². The lowest BCUT2D eigenvalue weighted by Crippen LogP contribution is -2.39. The third-order valence-electron chi connectivity index (χ3n) is 2.94. The van der Waals surface area contributed by atoms with Gasteiger partial charge in [-0.3, -0.25) is 4.98 Å². The van der Waals surface area contributed by atoms with E-state index < -0.39 is 0 Å². The van der Waals surface area contributed by atoms with Gasteiger partial charge < -0.3 is 5.32 Å². The molecule has 2 aromatic rings. The molecule has 1 aliphatic heterocycles. The number of hydrogen-bond donors (Lipinski definition) is 1.